The molecule has 8 heteroatoms. The van der Waals surface area contributed by atoms with Crippen LogP contribution in [0.3, 0.4) is 0 Å². The number of benzene rings is 2. The molecule has 4 rings (SSSR count). The Kier molecular flexibility index (Phi) is 5.45. The Morgan fingerprint density at radius 3 is 2.58 bits per heavy atom. The fraction of sp³-hybridized carbons (Fsp3) is 0.304. The zero-order valence-corrected chi connectivity index (χ0v) is 18.4. The van der Waals surface area contributed by atoms with Gasteiger partial charge in [-0.3, -0.25) is 4.68 Å². The van der Waals surface area contributed by atoms with Crippen LogP contribution in [-0.2, 0) is 27.7 Å². The quantitative estimate of drug-likeness (QED) is 0.611. The van der Waals surface area contributed by atoms with Crippen LogP contribution in [0, 0.1) is 0 Å². The Morgan fingerprint density at radius 1 is 1.19 bits per heavy atom. The number of carbonyl (C=O) groups is 1. The van der Waals surface area contributed by atoms with Crippen LogP contribution in [-0.4, -0.2) is 42.1 Å². The average molecular weight is 441 g/mol. The van der Waals surface area contributed by atoms with Crippen molar-refractivity contribution in [1.29, 1.82) is 0 Å². The summed E-state index contributed by atoms with van der Waals surface area (Å²) in [6.45, 7) is 4.44. The van der Waals surface area contributed by atoms with E-state index < -0.39 is 15.8 Å². The van der Waals surface area contributed by atoms with Gasteiger partial charge in [0.05, 0.1) is 23.8 Å². The SMILES string of the molecule is CCOC(=O)c1cc2n(n1)CC(C)c1cc(-c3ccc(CO)c(S(C)(=O)=O)c3)ccc1-2. The number of ether oxygens (including phenoxy) is 1. The van der Waals surface area contributed by atoms with E-state index in [0.29, 0.717) is 24.4 Å². The summed E-state index contributed by atoms with van der Waals surface area (Å²) in [5, 5.41) is 13.9. The lowest BCUT2D eigenvalue weighted by molar-refractivity contribution is 0.0518. The number of nitrogens with zero attached hydrogens (tertiary/aromatic N) is 2. The fourth-order valence-electron chi connectivity index (χ4n) is 4.03. The normalized spacial score (nSPS) is 15.3. The van der Waals surface area contributed by atoms with Crippen LogP contribution in [0.5, 0.6) is 0 Å². The van der Waals surface area contributed by atoms with Gasteiger partial charge in [-0.1, -0.05) is 37.3 Å². The van der Waals surface area contributed by atoms with Crippen molar-refractivity contribution < 1.29 is 23.1 Å². The third-order valence-electron chi connectivity index (χ3n) is 5.54. The van der Waals surface area contributed by atoms with Crippen LogP contribution < -0.4 is 0 Å². The summed E-state index contributed by atoms with van der Waals surface area (Å²) in [6.07, 6.45) is 1.14. The predicted octanol–water partition coefficient (Wildman–Crippen LogP) is 3.41. The van der Waals surface area contributed by atoms with Crippen molar-refractivity contribution in [2.24, 2.45) is 0 Å². The summed E-state index contributed by atoms with van der Waals surface area (Å²) >= 11 is 0. The van der Waals surface area contributed by atoms with E-state index in [0.717, 1.165) is 34.2 Å². The molecule has 2 heterocycles. The van der Waals surface area contributed by atoms with Gasteiger partial charge in [0, 0.05) is 24.3 Å². The molecule has 2 aromatic carbocycles. The zero-order chi connectivity index (χ0) is 22.3. The highest BCUT2D eigenvalue weighted by Gasteiger charge is 2.26. The van der Waals surface area contributed by atoms with Gasteiger partial charge >= 0.3 is 5.97 Å². The summed E-state index contributed by atoms with van der Waals surface area (Å²) in [4.78, 5) is 12.2. The maximum absolute atomic E-state index is 12.2. The van der Waals surface area contributed by atoms with E-state index in [2.05, 4.69) is 18.1 Å². The van der Waals surface area contributed by atoms with E-state index in [9.17, 15) is 18.3 Å². The van der Waals surface area contributed by atoms with E-state index in [1.165, 1.54) is 0 Å². The van der Waals surface area contributed by atoms with Gasteiger partial charge in [0.25, 0.3) is 0 Å². The van der Waals surface area contributed by atoms with Crippen LogP contribution in [0.4, 0.5) is 0 Å². The molecule has 0 saturated heterocycles. The highest BCUT2D eigenvalue weighted by Crippen LogP contribution is 2.39. The minimum Gasteiger partial charge on any atom is -0.461 e. The molecule has 0 bridgehead atoms. The molecule has 7 nitrogen and oxygen atoms in total. The molecule has 0 saturated carbocycles. The van der Waals surface area contributed by atoms with Crippen molar-refractivity contribution >= 4 is 15.8 Å². The molecule has 0 radical (unpaired) electrons. The molecule has 162 valence electrons. The monoisotopic (exact) mass is 440 g/mol. The number of aliphatic hydroxyl groups excluding tert-OH is 1. The van der Waals surface area contributed by atoms with Crippen LogP contribution in [0.15, 0.2) is 47.4 Å². The van der Waals surface area contributed by atoms with Gasteiger partial charge in [-0.25, -0.2) is 13.2 Å². The molecule has 0 fully saturated rings. The van der Waals surface area contributed by atoms with Gasteiger partial charge in [-0.2, -0.15) is 5.10 Å². The third kappa shape index (κ3) is 3.88. The van der Waals surface area contributed by atoms with Gasteiger partial charge in [-0.15, -0.1) is 0 Å². The first-order valence-corrected chi connectivity index (χ1v) is 12.0. The number of esters is 1. The second-order valence-corrected chi connectivity index (χ2v) is 9.76. The Bertz CT molecular complexity index is 1280. The first kappa shape index (κ1) is 21.3. The summed E-state index contributed by atoms with van der Waals surface area (Å²) < 4.78 is 31.2. The molecule has 0 spiro atoms. The van der Waals surface area contributed by atoms with Crippen LogP contribution in [0.25, 0.3) is 22.4 Å². The number of rotatable bonds is 5. The van der Waals surface area contributed by atoms with Crippen molar-refractivity contribution in [2.45, 2.75) is 37.8 Å². The number of hydrogen-bond donors (Lipinski definition) is 1. The number of fused-ring (bicyclic) bond motifs is 3. The first-order chi connectivity index (χ1) is 14.7. The minimum atomic E-state index is -3.47. The molecule has 1 aromatic heterocycles. The summed E-state index contributed by atoms with van der Waals surface area (Å²) in [5.74, 6) is -0.281. The lowest BCUT2D eigenvalue weighted by Crippen LogP contribution is -2.16. The molecule has 3 aromatic rings. The van der Waals surface area contributed by atoms with E-state index >= 15 is 0 Å². The highest BCUT2D eigenvalue weighted by molar-refractivity contribution is 7.90. The molecule has 1 aliphatic heterocycles. The number of hydrogen-bond acceptors (Lipinski definition) is 6. The van der Waals surface area contributed by atoms with Gasteiger partial charge in [0.1, 0.15) is 0 Å². The van der Waals surface area contributed by atoms with Gasteiger partial charge in [-0.05, 0) is 41.3 Å². The van der Waals surface area contributed by atoms with Gasteiger partial charge < -0.3 is 9.84 Å². The van der Waals surface area contributed by atoms with Crippen LogP contribution in [0.2, 0.25) is 0 Å². The topological polar surface area (TPSA) is 98.5 Å². The molecule has 0 aliphatic carbocycles. The van der Waals surface area contributed by atoms with Crippen molar-refractivity contribution in [3.63, 3.8) is 0 Å². The molecule has 1 aliphatic rings. The molecule has 1 unspecified atom stereocenters. The lowest BCUT2D eigenvalue weighted by Gasteiger charge is -2.24. The van der Waals surface area contributed by atoms with Crippen molar-refractivity contribution in [1.82, 2.24) is 9.78 Å². The second kappa shape index (κ2) is 7.94. The Labute approximate surface area is 181 Å². The molecule has 1 atom stereocenters. The molecule has 0 amide bonds. The maximum atomic E-state index is 12.2. The second-order valence-electron chi connectivity index (χ2n) is 7.77. The van der Waals surface area contributed by atoms with E-state index in [1.54, 1.807) is 25.1 Å². The molecular formula is C23H24N2O5S. The fourth-order valence-corrected chi connectivity index (χ4v) is 4.98. The Morgan fingerprint density at radius 2 is 1.90 bits per heavy atom. The van der Waals surface area contributed by atoms with Crippen molar-refractivity contribution in [2.75, 3.05) is 12.9 Å². The van der Waals surface area contributed by atoms with Crippen LogP contribution >= 0.6 is 0 Å². The lowest BCUT2D eigenvalue weighted by atomic mass is 9.88. The zero-order valence-electron chi connectivity index (χ0n) is 17.6. The largest absolute Gasteiger partial charge is 0.461 e. The first-order valence-electron chi connectivity index (χ1n) is 10.1. The van der Waals surface area contributed by atoms with Gasteiger partial charge in [0.15, 0.2) is 15.5 Å². The molecule has 31 heavy (non-hydrogen) atoms. The molecular weight excluding hydrogens is 416 g/mol. The highest BCUT2D eigenvalue weighted by atomic mass is 32.2. The van der Waals surface area contributed by atoms with Crippen molar-refractivity contribution in [3.05, 3.63) is 59.3 Å². The third-order valence-corrected chi connectivity index (χ3v) is 6.72. The Balaban J connectivity index is 1.78. The summed E-state index contributed by atoms with van der Waals surface area (Å²) in [6, 6.07) is 12.8. The Hall–Kier alpha value is -2.97. The number of sulfone groups is 1. The van der Waals surface area contributed by atoms with Crippen LogP contribution in [0.1, 0.15) is 41.4 Å². The molecule has 1 N–H and O–H groups in total. The standard InChI is InChI=1S/C23H24N2O5S/c1-4-30-23(27)20-11-21-18-8-7-15(9-19(18)14(2)12-25(21)24-20)16-5-6-17(13-26)22(10-16)31(3,28)29/h5-11,14,26H,4,12-13H2,1-3H3. The maximum Gasteiger partial charge on any atom is 0.358 e. The number of aromatic nitrogens is 2. The summed E-state index contributed by atoms with van der Waals surface area (Å²) in [5.41, 5.74) is 5.27. The van der Waals surface area contributed by atoms with E-state index in [1.807, 2.05) is 22.9 Å². The minimum absolute atomic E-state index is 0.135. The van der Waals surface area contributed by atoms with E-state index in [-0.39, 0.29) is 17.4 Å². The predicted molar refractivity (Wildman–Crippen MR) is 117 cm³/mol. The number of aliphatic hydroxyl groups is 1. The average Bonchev–Trinajstić information content (AvgIpc) is 3.17. The smallest absolute Gasteiger partial charge is 0.358 e. The van der Waals surface area contributed by atoms with Gasteiger partial charge in [0.2, 0.25) is 0 Å². The van der Waals surface area contributed by atoms with E-state index in [4.69, 9.17) is 4.74 Å². The summed E-state index contributed by atoms with van der Waals surface area (Å²) in [7, 11) is -3.47. The van der Waals surface area contributed by atoms with Crippen molar-refractivity contribution in [3.8, 4) is 22.4 Å². The number of carbonyl (C=O) groups excluding carboxylic acids is 1.